The van der Waals surface area contributed by atoms with E-state index in [0.717, 1.165) is 19.1 Å². The number of non-ortho nitro benzene ring substituents is 1. The molecule has 0 unspecified atom stereocenters. The molecule has 1 aromatic rings. The number of benzene rings is 1. The van der Waals surface area contributed by atoms with E-state index in [9.17, 15) is 20.2 Å². The zero-order valence-corrected chi connectivity index (χ0v) is 20.3. The molecule has 0 atom stereocenters. The highest BCUT2D eigenvalue weighted by Gasteiger charge is 2.18. The number of ether oxygens (including phenoxy) is 4. The van der Waals surface area contributed by atoms with Crippen LogP contribution in [0.5, 0.6) is 0 Å². The van der Waals surface area contributed by atoms with Crippen molar-refractivity contribution in [1.82, 2.24) is 0 Å². The molecule has 0 bridgehead atoms. The Balaban J connectivity index is 1.94. The summed E-state index contributed by atoms with van der Waals surface area (Å²) in [6.45, 7) is 4.30. The first kappa shape index (κ1) is 28.4. The minimum Gasteiger partial charge on any atom is -0.379 e. The number of nitro benzene ring substituents is 2. The molecule has 182 valence electrons. The molecule has 11 nitrogen and oxygen atoms in total. The lowest BCUT2D eigenvalue weighted by molar-refractivity contribution is -0.393. The minimum atomic E-state index is -0.672. The summed E-state index contributed by atoms with van der Waals surface area (Å²) in [5.41, 5.74) is -0.470. The largest absolute Gasteiger partial charge is 0.379 e. The summed E-state index contributed by atoms with van der Waals surface area (Å²) in [7, 11) is 0. The van der Waals surface area contributed by atoms with E-state index in [2.05, 4.69) is 27.9 Å². The van der Waals surface area contributed by atoms with Crippen molar-refractivity contribution in [2.75, 3.05) is 69.1 Å². The fraction of sp³-hybridized carbons (Fsp3) is 0.700. The van der Waals surface area contributed by atoms with Crippen LogP contribution in [0.3, 0.4) is 0 Å². The second-order valence-electron chi connectivity index (χ2n) is 6.70. The van der Waals surface area contributed by atoms with Gasteiger partial charge in [-0.2, -0.15) is 0 Å². The first-order valence-corrected chi connectivity index (χ1v) is 12.1. The maximum atomic E-state index is 11.1. The minimum absolute atomic E-state index is 0.206. The van der Waals surface area contributed by atoms with Gasteiger partial charge in [-0.05, 0) is 23.3 Å². The van der Waals surface area contributed by atoms with Crippen molar-refractivity contribution in [1.29, 1.82) is 0 Å². The number of unbranched alkanes of at least 4 members (excludes halogenated alkanes) is 3. The van der Waals surface area contributed by atoms with Crippen LogP contribution in [-0.4, -0.2) is 73.7 Å². The van der Waals surface area contributed by atoms with Gasteiger partial charge in [-0.25, -0.2) is 0 Å². The van der Waals surface area contributed by atoms with Gasteiger partial charge in [0.1, 0.15) is 5.69 Å². The highest BCUT2D eigenvalue weighted by molar-refractivity contribution is 14.1. The summed E-state index contributed by atoms with van der Waals surface area (Å²) >= 11 is 2.39. The van der Waals surface area contributed by atoms with E-state index in [1.807, 2.05) is 0 Å². The van der Waals surface area contributed by atoms with Gasteiger partial charge in [0.2, 0.25) is 0 Å². The second-order valence-corrected chi connectivity index (χ2v) is 7.77. The molecular weight excluding hydrogens is 537 g/mol. The highest BCUT2D eigenvalue weighted by atomic mass is 127. The van der Waals surface area contributed by atoms with Crippen LogP contribution in [0, 0.1) is 20.2 Å². The van der Waals surface area contributed by atoms with Crippen molar-refractivity contribution >= 4 is 39.7 Å². The molecular formula is C20H32IN3O8. The first-order valence-electron chi connectivity index (χ1n) is 10.6. The van der Waals surface area contributed by atoms with Crippen molar-refractivity contribution < 1.29 is 28.8 Å². The van der Waals surface area contributed by atoms with Crippen LogP contribution in [0.2, 0.25) is 0 Å². The van der Waals surface area contributed by atoms with Gasteiger partial charge in [-0.3, -0.25) is 20.2 Å². The first-order chi connectivity index (χ1) is 15.6. The number of hydrogen-bond acceptors (Lipinski definition) is 9. The number of anilines is 1. The molecule has 0 heterocycles. The number of nitro groups is 2. The SMILES string of the molecule is O=[N+]([O-])c1ccc(NCCOCCOCCOCCOCCCCCCI)c([N+](=O)[O-])c1. The predicted molar refractivity (Wildman–Crippen MR) is 129 cm³/mol. The Hall–Kier alpha value is -1.61. The zero-order valence-electron chi connectivity index (χ0n) is 18.2. The van der Waals surface area contributed by atoms with Crippen LogP contribution in [0.1, 0.15) is 25.7 Å². The van der Waals surface area contributed by atoms with Crippen LogP contribution >= 0.6 is 22.6 Å². The molecule has 0 saturated heterocycles. The van der Waals surface area contributed by atoms with Crippen molar-refractivity contribution in [3.8, 4) is 0 Å². The van der Waals surface area contributed by atoms with Crippen molar-refractivity contribution in [3.63, 3.8) is 0 Å². The number of nitrogens with zero attached hydrogens (tertiary/aromatic N) is 2. The Morgan fingerprint density at radius 1 is 0.750 bits per heavy atom. The van der Waals surface area contributed by atoms with Crippen LogP contribution in [-0.2, 0) is 18.9 Å². The fourth-order valence-corrected chi connectivity index (χ4v) is 3.15. The zero-order chi connectivity index (χ0) is 23.4. The summed E-state index contributed by atoms with van der Waals surface area (Å²) in [6.07, 6.45) is 4.86. The average Bonchev–Trinajstić information content (AvgIpc) is 2.78. The van der Waals surface area contributed by atoms with Gasteiger partial charge in [-0.15, -0.1) is 0 Å². The van der Waals surface area contributed by atoms with Crippen molar-refractivity contribution in [3.05, 3.63) is 38.4 Å². The third-order valence-corrected chi connectivity index (χ3v) is 5.00. The maximum absolute atomic E-state index is 11.1. The van der Waals surface area contributed by atoms with Gasteiger partial charge >= 0.3 is 0 Å². The molecule has 0 aliphatic carbocycles. The number of rotatable bonds is 21. The van der Waals surface area contributed by atoms with Crippen LogP contribution in [0.4, 0.5) is 17.1 Å². The van der Waals surface area contributed by atoms with Crippen molar-refractivity contribution in [2.45, 2.75) is 25.7 Å². The standard InChI is InChI=1S/C20H32IN3O8/c21-7-3-1-2-4-9-29-11-13-31-15-16-32-14-12-30-10-8-22-19-6-5-18(23(25)26)17-20(19)24(27)28/h5-6,17,22H,1-4,7-16H2. The molecule has 1 rings (SSSR count). The number of halogens is 1. The molecule has 0 spiro atoms. The van der Waals surface area contributed by atoms with E-state index in [1.165, 1.54) is 35.8 Å². The lowest BCUT2D eigenvalue weighted by atomic mass is 10.2. The van der Waals surface area contributed by atoms with Gasteiger partial charge in [-0.1, -0.05) is 35.4 Å². The molecule has 0 amide bonds. The summed E-state index contributed by atoms with van der Waals surface area (Å²) < 4.78 is 22.9. The summed E-state index contributed by atoms with van der Waals surface area (Å²) in [5.74, 6) is 0. The molecule has 0 aliphatic rings. The second kappa shape index (κ2) is 18.9. The van der Waals surface area contributed by atoms with E-state index in [0.29, 0.717) is 52.8 Å². The van der Waals surface area contributed by atoms with E-state index < -0.39 is 9.85 Å². The Morgan fingerprint density at radius 2 is 1.31 bits per heavy atom. The monoisotopic (exact) mass is 569 g/mol. The van der Waals surface area contributed by atoms with Crippen LogP contribution in [0.15, 0.2) is 18.2 Å². The van der Waals surface area contributed by atoms with Gasteiger partial charge in [0, 0.05) is 19.2 Å². The van der Waals surface area contributed by atoms with Gasteiger partial charge in [0.25, 0.3) is 11.4 Å². The number of hydrogen-bond donors (Lipinski definition) is 1. The van der Waals surface area contributed by atoms with Crippen LogP contribution < -0.4 is 5.32 Å². The molecule has 1 N–H and O–H groups in total. The molecule has 0 radical (unpaired) electrons. The van der Waals surface area contributed by atoms with E-state index >= 15 is 0 Å². The molecule has 0 saturated carbocycles. The Labute approximate surface area is 201 Å². The number of alkyl halides is 1. The lowest BCUT2D eigenvalue weighted by Gasteiger charge is -2.09. The quantitative estimate of drug-likeness (QED) is 0.0767. The average molecular weight is 569 g/mol. The molecule has 0 fully saturated rings. The third kappa shape index (κ3) is 13.7. The molecule has 1 aromatic carbocycles. The Morgan fingerprint density at radius 3 is 1.88 bits per heavy atom. The molecule has 32 heavy (non-hydrogen) atoms. The molecule has 12 heteroatoms. The smallest absolute Gasteiger partial charge is 0.299 e. The van der Waals surface area contributed by atoms with E-state index in [4.69, 9.17) is 18.9 Å². The van der Waals surface area contributed by atoms with Gasteiger partial charge in [0.05, 0.1) is 62.2 Å². The summed E-state index contributed by atoms with van der Waals surface area (Å²) in [6, 6.07) is 3.46. The fourth-order valence-electron chi connectivity index (χ4n) is 2.61. The maximum Gasteiger partial charge on any atom is 0.299 e. The van der Waals surface area contributed by atoms with Crippen molar-refractivity contribution in [2.24, 2.45) is 0 Å². The third-order valence-electron chi connectivity index (χ3n) is 4.24. The molecule has 0 aromatic heterocycles. The Kier molecular flexibility index (Phi) is 16.8. The lowest BCUT2D eigenvalue weighted by Crippen LogP contribution is -2.15. The predicted octanol–water partition coefficient (Wildman–Crippen LogP) is 3.98. The summed E-state index contributed by atoms with van der Waals surface area (Å²) in [4.78, 5) is 20.5. The van der Waals surface area contributed by atoms with E-state index in [-0.39, 0.29) is 17.1 Å². The summed E-state index contributed by atoms with van der Waals surface area (Å²) in [5, 5.41) is 24.7. The Bertz CT molecular complexity index is 666. The van der Waals surface area contributed by atoms with Gasteiger partial charge in [0.15, 0.2) is 0 Å². The van der Waals surface area contributed by atoms with E-state index in [1.54, 1.807) is 0 Å². The van der Waals surface area contributed by atoms with Crippen LogP contribution in [0.25, 0.3) is 0 Å². The number of nitrogens with one attached hydrogen (secondary N) is 1. The van der Waals surface area contributed by atoms with Gasteiger partial charge < -0.3 is 24.3 Å². The highest BCUT2D eigenvalue weighted by Crippen LogP contribution is 2.28. The normalized spacial score (nSPS) is 10.9. The molecule has 0 aliphatic heterocycles. The topological polar surface area (TPSA) is 135 Å².